The summed E-state index contributed by atoms with van der Waals surface area (Å²) in [6.45, 7) is 6.43. The second kappa shape index (κ2) is 6.02. The van der Waals surface area contributed by atoms with Gasteiger partial charge >= 0.3 is 0 Å². The van der Waals surface area contributed by atoms with Gasteiger partial charge in [0.25, 0.3) is 0 Å². The molecule has 2 N–H and O–H groups in total. The molecule has 2 fully saturated rings. The fourth-order valence-corrected chi connectivity index (χ4v) is 3.16. The summed E-state index contributed by atoms with van der Waals surface area (Å²) in [4.78, 5) is 14.7. The highest BCUT2D eigenvalue weighted by molar-refractivity contribution is 5.79. The Bertz CT molecular complexity index is 296. The first-order chi connectivity index (χ1) is 8.63. The molecule has 2 aliphatic rings. The molecule has 2 rings (SSSR count). The van der Waals surface area contributed by atoms with Crippen LogP contribution in [0.2, 0.25) is 0 Å². The summed E-state index contributed by atoms with van der Waals surface area (Å²) < 4.78 is 5.47. The van der Waals surface area contributed by atoms with Crippen LogP contribution in [0.15, 0.2) is 0 Å². The van der Waals surface area contributed by atoms with E-state index in [4.69, 9.17) is 10.5 Å². The lowest BCUT2D eigenvalue weighted by Crippen LogP contribution is -2.51. The molecule has 1 amide bonds. The number of morpholine rings is 1. The number of carbonyl (C=O) groups is 1. The Labute approximate surface area is 110 Å². The lowest BCUT2D eigenvalue weighted by atomic mass is 9.78. The van der Waals surface area contributed by atoms with E-state index in [1.165, 1.54) is 0 Å². The molecule has 4 atom stereocenters. The first kappa shape index (κ1) is 13.8. The van der Waals surface area contributed by atoms with Crippen molar-refractivity contribution in [3.05, 3.63) is 0 Å². The summed E-state index contributed by atoms with van der Waals surface area (Å²) in [6, 6.07) is 0.554. The van der Waals surface area contributed by atoms with Crippen LogP contribution in [-0.4, -0.2) is 42.6 Å². The molecule has 104 valence electrons. The van der Waals surface area contributed by atoms with Crippen LogP contribution in [0.5, 0.6) is 0 Å². The van der Waals surface area contributed by atoms with Crippen molar-refractivity contribution < 1.29 is 9.53 Å². The van der Waals surface area contributed by atoms with Gasteiger partial charge in [-0.05, 0) is 31.6 Å². The van der Waals surface area contributed by atoms with E-state index in [0.29, 0.717) is 25.0 Å². The maximum atomic E-state index is 12.6. The summed E-state index contributed by atoms with van der Waals surface area (Å²) in [6.07, 6.45) is 3.87. The molecule has 1 saturated carbocycles. The number of nitrogens with two attached hydrogens (primary N) is 1. The Morgan fingerprint density at radius 1 is 1.44 bits per heavy atom. The standard InChI is InChI=1S/C14H26N2O2/c1-3-12-9-18-7-6-16(12)14(17)11-4-5-13(15)10(2)8-11/h10-13H,3-9,15H2,1-2H3. The monoisotopic (exact) mass is 254 g/mol. The molecule has 0 bridgehead atoms. The van der Waals surface area contributed by atoms with E-state index in [1.54, 1.807) is 0 Å². The highest BCUT2D eigenvalue weighted by Crippen LogP contribution is 2.30. The molecule has 1 aliphatic carbocycles. The minimum Gasteiger partial charge on any atom is -0.377 e. The zero-order valence-electron chi connectivity index (χ0n) is 11.6. The van der Waals surface area contributed by atoms with Crippen molar-refractivity contribution >= 4 is 5.91 Å². The Kier molecular flexibility index (Phi) is 4.62. The molecule has 4 heteroatoms. The predicted octanol–water partition coefficient (Wildman–Crippen LogP) is 1.39. The van der Waals surface area contributed by atoms with E-state index in [0.717, 1.165) is 32.2 Å². The first-order valence-electron chi connectivity index (χ1n) is 7.27. The molecule has 0 aromatic carbocycles. The summed E-state index contributed by atoms with van der Waals surface area (Å²) >= 11 is 0. The third-order valence-corrected chi connectivity index (χ3v) is 4.57. The highest BCUT2D eigenvalue weighted by Gasteiger charge is 2.35. The quantitative estimate of drug-likeness (QED) is 0.810. The van der Waals surface area contributed by atoms with Crippen molar-refractivity contribution in [1.82, 2.24) is 4.90 Å². The van der Waals surface area contributed by atoms with Gasteiger partial charge in [-0.2, -0.15) is 0 Å². The third kappa shape index (κ3) is 2.86. The number of rotatable bonds is 2. The SMILES string of the molecule is CCC1COCCN1C(=O)C1CCC(N)C(C)C1. The average molecular weight is 254 g/mol. The van der Waals surface area contributed by atoms with Crippen molar-refractivity contribution in [2.75, 3.05) is 19.8 Å². The van der Waals surface area contributed by atoms with Crippen LogP contribution in [0.4, 0.5) is 0 Å². The van der Waals surface area contributed by atoms with Gasteiger partial charge < -0.3 is 15.4 Å². The van der Waals surface area contributed by atoms with Crippen molar-refractivity contribution in [2.24, 2.45) is 17.6 Å². The van der Waals surface area contributed by atoms with Crippen molar-refractivity contribution in [3.8, 4) is 0 Å². The predicted molar refractivity (Wildman–Crippen MR) is 71.1 cm³/mol. The smallest absolute Gasteiger partial charge is 0.226 e. The van der Waals surface area contributed by atoms with Crippen LogP contribution < -0.4 is 5.73 Å². The summed E-state index contributed by atoms with van der Waals surface area (Å²) in [5, 5.41) is 0. The summed E-state index contributed by atoms with van der Waals surface area (Å²) in [7, 11) is 0. The Balaban J connectivity index is 1.97. The molecule has 4 unspecified atom stereocenters. The van der Waals surface area contributed by atoms with Crippen LogP contribution >= 0.6 is 0 Å². The van der Waals surface area contributed by atoms with Crippen LogP contribution in [0, 0.1) is 11.8 Å². The molecule has 0 spiro atoms. The number of nitrogens with zero attached hydrogens (tertiary/aromatic N) is 1. The van der Waals surface area contributed by atoms with E-state index in [1.807, 2.05) is 0 Å². The van der Waals surface area contributed by atoms with Crippen LogP contribution in [0.25, 0.3) is 0 Å². The second-order valence-corrected chi connectivity index (χ2v) is 5.82. The topological polar surface area (TPSA) is 55.6 Å². The molecule has 0 aromatic rings. The summed E-state index contributed by atoms with van der Waals surface area (Å²) in [5.74, 6) is 0.990. The fraction of sp³-hybridized carbons (Fsp3) is 0.929. The van der Waals surface area contributed by atoms with Gasteiger partial charge in [0.05, 0.1) is 19.3 Å². The van der Waals surface area contributed by atoms with E-state index in [2.05, 4.69) is 18.7 Å². The van der Waals surface area contributed by atoms with E-state index >= 15 is 0 Å². The van der Waals surface area contributed by atoms with Crippen LogP contribution in [-0.2, 0) is 9.53 Å². The van der Waals surface area contributed by atoms with Crippen molar-refractivity contribution in [3.63, 3.8) is 0 Å². The first-order valence-corrected chi connectivity index (χ1v) is 7.27. The minimum absolute atomic E-state index is 0.187. The normalized spacial score (nSPS) is 37.6. The maximum absolute atomic E-state index is 12.6. The Morgan fingerprint density at radius 3 is 2.89 bits per heavy atom. The van der Waals surface area contributed by atoms with Crippen LogP contribution in [0.3, 0.4) is 0 Å². The van der Waals surface area contributed by atoms with E-state index < -0.39 is 0 Å². The molecule has 0 aromatic heterocycles. The van der Waals surface area contributed by atoms with Gasteiger partial charge in [-0.25, -0.2) is 0 Å². The maximum Gasteiger partial charge on any atom is 0.226 e. The largest absolute Gasteiger partial charge is 0.377 e. The van der Waals surface area contributed by atoms with Gasteiger partial charge in [-0.3, -0.25) is 4.79 Å². The molecule has 1 heterocycles. The van der Waals surface area contributed by atoms with Gasteiger partial charge in [-0.15, -0.1) is 0 Å². The highest BCUT2D eigenvalue weighted by atomic mass is 16.5. The van der Waals surface area contributed by atoms with Gasteiger partial charge in [0.15, 0.2) is 0 Å². The van der Waals surface area contributed by atoms with Gasteiger partial charge in [0, 0.05) is 18.5 Å². The van der Waals surface area contributed by atoms with E-state index in [-0.39, 0.29) is 18.0 Å². The van der Waals surface area contributed by atoms with Crippen molar-refractivity contribution in [1.29, 1.82) is 0 Å². The molecule has 4 nitrogen and oxygen atoms in total. The zero-order chi connectivity index (χ0) is 13.1. The summed E-state index contributed by atoms with van der Waals surface area (Å²) in [5.41, 5.74) is 6.03. The number of carbonyl (C=O) groups excluding carboxylic acids is 1. The average Bonchev–Trinajstić information content (AvgIpc) is 2.41. The molecule has 1 saturated heterocycles. The molecule has 18 heavy (non-hydrogen) atoms. The molecular weight excluding hydrogens is 228 g/mol. The molecular formula is C14H26N2O2. The lowest BCUT2D eigenvalue weighted by Gasteiger charge is -2.39. The second-order valence-electron chi connectivity index (χ2n) is 5.82. The fourth-order valence-electron chi connectivity index (χ4n) is 3.16. The van der Waals surface area contributed by atoms with Gasteiger partial charge in [0.1, 0.15) is 0 Å². The molecule has 0 radical (unpaired) electrons. The molecule has 1 aliphatic heterocycles. The number of ether oxygens (including phenoxy) is 1. The zero-order valence-corrected chi connectivity index (χ0v) is 11.6. The third-order valence-electron chi connectivity index (χ3n) is 4.57. The Morgan fingerprint density at radius 2 is 2.22 bits per heavy atom. The number of hydrogen-bond donors (Lipinski definition) is 1. The van der Waals surface area contributed by atoms with Crippen molar-refractivity contribution in [2.45, 2.75) is 51.6 Å². The van der Waals surface area contributed by atoms with Crippen LogP contribution in [0.1, 0.15) is 39.5 Å². The van der Waals surface area contributed by atoms with Gasteiger partial charge in [-0.1, -0.05) is 13.8 Å². The minimum atomic E-state index is 0.187. The lowest BCUT2D eigenvalue weighted by molar-refractivity contribution is -0.146. The van der Waals surface area contributed by atoms with Gasteiger partial charge in [0.2, 0.25) is 5.91 Å². The van der Waals surface area contributed by atoms with E-state index in [9.17, 15) is 4.79 Å². The number of amides is 1. The Hall–Kier alpha value is -0.610. The number of hydrogen-bond acceptors (Lipinski definition) is 3.